The van der Waals surface area contributed by atoms with Gasteiger partial charge < -0.3 is 19.7 Å². The topological polar surface area (TPSA) is 80.6 Å². The summed E-state index contributed by atoms with van der Waals surface area (Å²) in [6.07, 6.45) is 1.94. The van der Waals surface area contributed by atoms with Crippen LogP contribution in [0.4, 0.5) is 5.69 Å². The zero-order valence-electron chi connectivity index (χ0n) is 15.4. The van der Waals surface area contributed by atoms with E-state index in [0.717, 1.165) is 23.7 Å². The SMILES string of the molecule is CCCCOc1ccccc1C(=O)Nc1ccc2c(c1)cc(C(=O)O)n2C. The number of ether oxygens (including phenoxy) is 1. The second-order valence-electron chi connectivity index (χ2n) is 6.32. The number of aryl methyl sites for hydroxylation is 1. The van der Waals surface area contributed by atoms with E-state index in [0.29, 0.717) is 23.6 Å². The molecule has 0 unspecified atom stereocenters. The molecule has 0 atom stereocenters. The molecule has 27 heavy (non-hydrogen) atoms. The highest BCUT2D eigenvalue weighted by molar-refractivity contribution is 6.07. The number of nitrogens with zero attached hydrogens (tertiary/aromatic N) is 1. The molecule has 0 saturated heterocycles. The Kier molecular flexibility index (Phi) is 5.45. The first-order valence-corrected chi connectivity index (χ1v) is 8.87. The fraction of sp³-hybridized carbons (Fsp3) is 0.238. The molecule has 0 radical (unpaired) electrons. The number of para-hydroxylation sites is 1. The maximum Gasteiger partial charge on any atom is 0.352 e. The van der Waals surface area contributed by atoms with Crippen molar-refractivity contribution < 1.29 is 19.4 Å². The van der Waals surface area contributed by atoms with Crippen LogP contribution < -0.4 is 10.1 Å². The minimum atomic E-state index is -0.988. The van der Waals surface area contributed by atoms with E-state index in [1.165, 1.54) is 0 Å². The van der Waals surface area contributed by atoms with Crippen molar-refractivity contribution >= 4 is 28.5 Å². The highest BCUT2D eigenvalue weighted by Gasteiger charge is 2.15. The number of hydrogen-bond donors (Lipinski definition) is 2. The highest BCUT2D eigenvalue weighted by Crippen LogP contribution is 2.24. The summed E-state index contributed by atoms with van der Waals surface area (Å²) in [5.41, 5.74) is 2.04. The van der Waals surface area contributed by atoms with Gasteiger partial charge in [-0.25, -0.2) is 4.79 Å². The third-order valence-electron chi connectivity index (χ3n) is 4.41. The van der Waals surface area contributed by atoms with E-state index in [2.05, 4.69) is 12.2 Å². The Hall–Kier alpha value is -3.28. The monoisotopic (exact) mass is 366 g/mol. The van der Waals surface area contributed by atoms with Gasteiger partial charge in [0.1, 0.15) is 11.4 Å². The summed E-state index contributed by atoms with van der Waals surface area (Å²) in [7, 11) is 1.70. The Morgan fingerprint density at radius 3 is 2.67 bits per heavy atom. The number of rotatable bonds is 7. The number of amides is 1. The summed E-state index contributed by atoms with van der Waals surface area (Å²) in [4.78, 5) is 24.0. The Morgan fingerprint density at radius 2 is 1.93 bits per heavy atom. The van der Waals surface area contributed by atoms with Crippen molar-refractivity contribution in [3.63, 3.8) is 0 Å². The lowest BCUT2D eigenvalue weighted by molar-refractivity contribution is 0.0687. The van der Waals surface area contributed by atoms with Crippen LogP contribution in [0.1, 0.15) is 40.6 Å². The van der Waals surface area contributed by atoms with Crippen LogP contribution in [0.2, 0.25) is 0 Å². The summed E-state index contributed by atoms with van der Waals surface area (Å²) < 4.78 is 7.33. The molecule has 2 aromatic carbocycles. The van der Waals surface area contributed by atoms with E-state index in [9.17, 15) is 14.7 Å². The summed E-state index contributed by atoms with van der Waals surface area (Å²) in [6.45, 7) is 2.65. The van der Waals surface area contributed by atoms with Crippen LogP contribution in [0, 0.1) is 0 Å². The van der Waals surface area contributed by atoms with Gasteiger partial charge in [0.15, 0.2) is 0 Å². The predicted molar refractivity (Wildman–Crippen MR) is 105 cm³/mol. The predicted octanol–water partition coefficient (Wildman–Crippen LogP) is 4.31. The van der Waals surface area contributed by atoms with E-state index < -0.39 is 5.97 Å². The number of aromatic carboxylic acids is 1. The second-order valence-corrected chi connectivity index (χ2v) is 6.32. The van der Waals surface area contributed by atoms with E-state index in [-0.39, 0.29) is 11.6 Å². The maximum atomic E-state index is 12.7. The molecule has 0 bridgehead atoms. The molecule has 0 saturated carbocycles. The fourth-order valence-electron chi connectivity index (χ4n) is 2.94. The van der Waals surface area contributed by atoms with E-state index in [1.54, 1.807) is 54.1 Å². The molecule has 3 rings (SSSR count). The average Bonchev–Trinajstić information content (AvgIpc) is 2.99. The van der Waals surface area contributed by atoms with Crippen LogP contribution in [-0.4, -0.2) is 28.2 Å². The number of carbonyl (C=O) groups excluding carboxylic acids is 1. The number of hydrogen-bond acceptors (Lipinski definition) is 3. The molecule has 1 heterocycles. The molecular formula is C21H22N2O4. The molecule has 0 aliphatic carbocycles. The van der Waals surface area contributed by atoms with Gasteiger partial charge >= 0.3 is 5.97 Å². The largest absolute Gasteiger partial charge is 0.493 e. The Balaban J connectivity index is 1.83. The molecule has 0 aliphatic heterocycles. The highest BCUT2D eigenvalue weighted by atomic mass is 16.5. The number of carboxylic acids is 1. The molecule has 1 amide bonds. The minimum Gasteiger partial charge on any atom is -0.493 e. The van der Waals surface area contributed by atoms with E-state index in [1.807, 2.05) is 6.07 Å². The standard InChI is InChI=1S/C21H22N2O4/c1-3-4-11-27-19-8-6-5-7-16(19)20(24)22-15-9-10-17-14(12-15)13-18(21(25)26)23(17)2/h5-10,12-13H,3-4,11H2,1-2H3,(H,22,24)(H,25,26). The molecule has 0 aliphatic rings. The van der Waals surface area contributed by atoms with Gasteiger partial charge in [-0.3, -0.25) is 4.79 Å². The van der Waals surface area contributed by atoms with Crippen LogP contribution >= 0.6 is 0 Å². The van der Waals surface area contributed by atoms with Crippen molar-refractivity contribution in [3.05, 3.63) is 59.8 Å². The second kappa shape index (κ2) is 7.95. The van der Waals surface area contributed by atoms with Gasteiger partial charge in [0.2, 0.25) is 0 Å². The zero-order chi connectivity index (χ0) is 19.4. The van der Waals surface area contributed by atoms with Crippen molar-refractivity contribution in [3.8, 4) is 5.75 Å². The first kappa shape index (κ1) is 18.5. The third kappa shape index (κ3) is 3.95. The van der Waals surface area contributed by atoms with Crippen LogP contribution in [0.3, 0.4) is 0 Å². The van der Waals surface area contributed by atoms with Gasteiger partial charge in [-0.2, -0.15) is 0 Å². The van der Waals surface area contributed by atoms with Crippen LogP contribution in [0.15, 0.2) is 48.5 Å². The first-order valence-electron chi connectivity index (χ1n) is 8.87. The third-order valence-corrected chi connectivity index (χ3v) is 4.41. The van der Waals surface area contributed by atoms with Gasteiger partial charge in [0.05, 0.1) is 12.2 Å². The van der Waals surface area contributed by atoms with Crippen molar-refractivity contribution in [1.29, 1.82) is 0 Å². The van der Waals surface area contributed by atoms with Gasteiger partial charge in [0.25, 0.3) is 5.91 Å². The summed E-state index contributed by atoms with van der Waals surface area (Å²) >= 11 is 0. The number of benzene rings is 2. The van der Waals surface area contributed by atoms with Gasteiger partial charge in [0, 0.05) is 23.6 Å². The molecule has 140 valence electrons. The molecule has 6 nitrogen and oxygen atoms in total. The molecular weight excluding hydrogens is 344 g/mol. The van der Waals surface area contributed by atoms with Crippen molar-refractivity contribution in [2.45, 2.75) is 19.8 Å². The van der Waals surface area contributed by atoms with E-state index >= 15 is 0 Å². The normalized spacial score (nSPS) is 10.7. The van der Waals surface area contributed by atoms with Crippen LogP contribution in [-0.2, 0) is 7.05 Å². The molecule has 1 aromatic heterocycles. The maximum absolute atomic E-state index is 12.7. The number of unbranched alkanes of at least 4 members (excludes halogenated alkanes) is 1. The van der Waals surface area contributed by atoms with Crippen LogP contribution in [0.25, 0.3) is 10.9 Å². The lowest BCUT2D eigenvalue weighted by Gasteiger charge is -2.11. The number of carbonyl (C=O) groups is 2. The number of anilines is 1. The van der Waals surface area contributed by atoms with Gasteiger partial charge in [-0.05, 0) is 42.8 Å². The van der Waals surface area contributed by atoms with Gasteiger partial charge in [-0.15, -0.1) is 0 Å². The smallest absolute Gasteiger partial charge is 0.352 e. The Labute approximate surface area is 157 Å². The minimum absolute atomic E-state index is 0.197. The Bertz CT molecular complexity index is 991. The van der Waals surface area contributed by atoms with Crippen molar-refractivity contribution in [1.82, 2.24) is 4.57 Å². The Morgan fingerprint density at radius 1 is 1.15 bits per heavy atom. The molecule has 6 heteroatoms. The summed E-state index contributed by atoms with van der Waals surface area (Å²) in [6, 6.07) is 14.0. The molecule has 0 fully saturated rings. The van der Waals surface area contributed by atoms with Crippen molar-refractivity contribution in [2.75, 3.05) is 11.9 Å². The molecule has 0 spiro atoms. The van der Waals surface area contributed by atoms with Crippen molar-refractivity contribution in [2.24, 2.45) is 7.05 Å². The molecule has 2 N–H and O–H groups in total. The average molecular weight is 366 g/mol. The summed E-state index contributed by atoms with van der Waals surface area (Å²) in [5.74, 6) is -0.703. The lowest BCUT2D eigenvalue weighted by Crippen LogP contribution is -2.14. The molecule has 3 aromatic rings. The van der Waals surface area contributed by atoms with E-state index in [4.69, 9.17) is 4.74 Å². The van der Waals surface area contributed by atoms with Gasteiger partial charge in [-0.1, -0.05) is 25.5 Å². The summed E-state index contributed by atoms with van der Waals surface area (Å²) in [5, 5.41) is 12.9. The fourth-order valence-corrected chi connectivity index (χ4v) is 2.94. The zero-order valence-corrected chi connectivity index (χ0v) is 15.4. The number of fused-ring (bicyclic) bond motifs is 1. The number of nitrogens with one attached hydrogen (secondary N) is 1. The van der Waals surface area contributed by atoms with Crippen LogP contribution in [0.5, 0.6) is 5.75 Å². The quantitative estimate of drug-likeness (QED) is 0.611. The number of aromatic nitrogens is 1. The number of carboxylic acid groups (broad SMARTS) is 1. The lowest BCUT2D eigenvalue weighted by atomic mass is 10.1. The first-order chi connectivity index (χ1) is 13.0.